The van der Waals surface area contributed by atoms with E-state index in [0.29, 0.717) is 12.1 Å². The van der Waals surface area contributed by atoms with Crippen molar-refractivity contribution < 1.29 is 4.52 Å². The van der Waals surface area contributed by atoms with E-state index in [4.69, 9.17) is 4.52 Å². The highest BCUT2D eigenvalue weighted by Crippen LogP contribution is 2.13. The van der Waals surface area contributed by atoms with E-state index in [1.807, 2.05) is 20.9 Å². The average Bonchev–Trinajstić information content (AvgIpc) is 2.86. The van der Waals surface area contributed by atoms with Gasteiger partial charge in [0.1, 0.15) is 5.76 Å². The fourth-order valence-electron chi connectivity index (χ4n) is 3.11. The first kappa shape index (κ1) is 17.8. The number of hydrogen-bond donors (Lipinski definition) is 2. The van der Waals surface area contributed by atoms with Crippen LogP contribution in [-0.2, 0) is 6.42 Å². The van der Waals surface area contributed by atoms with E-state index < -0.39 is 0 Å². The third-order valence-corrected chi connectivity index (χ3v) is 4.67. The van der Waals surface area contributed by atoms with E-state index in [0.717, 1.165) is 43.5 Å². The number of nitrogens with one attached hydrogen (secondary N) is 2. The zero-order chi connectivity index (χ0) is 16.8. The van der Waals surface area contributed by atoms with Crippen molar-refractivity contribution in [1.29, 1.82) is 0 Å². The minimum absolute atomic E-state index is 0.510. The van der Waals surface area contributed by atoms with Crippen LogP contribution < -0.4 is 10.6 Å². The van der Waals surface area contributed by atoms with E-state index in [9.17, 15) is 0 Å². The quantitative estimate of drug-likeness (QED) is 0.640. The molecular formula is C17H31N5O. The van der Waals surface area contributed by atoms with E-state index in [2.05, 4.69) is 39.5 Å². The first-order chi connectivity index (χ1) is 11.0. The van der Waals surface area contributed by atoms with Gasteiger partial charge in [0.25, 0.3) is 0 Å². The molecule has 0 unspecified atom stereocenters. The molecule has 6 nitrogen and oxygen atoms in total. The summed E-state index contributed by atoms with van der Waals surface area (Å²) in [5.41, 5.74) is 2.17. The molecular weight excluding hydrogens is 290 g/mol. The van der Waals surface area contributed by atoms with Gasteiger partial charge in [-0.25, -0.2) is 0 Å². The number of likely N-dealkylation sites (tertiary alicyclic amines) is 1. The Hall–Kier alpha value is -1.56. The van der Waals surface area contributed by atoms with Crippen molar-refractivity contribution in [3.05, 3.63) is 17.0 Å². The van der Waals surface area contributed by atoms with E-state index in [1.54, 1.807) is 0 Å². The van der Waals surface area contributed by atoms with Crippen LogP contribution in [0.2, 0.25) is 0 Å². The molecule has 0 atom stereocenters. The molecule has 0 spiro atoms. The molecule has 1 aromatic rings. The molecule has 1 aliphatic heterocycles. The Balaban J connectivity index is 1.74. The van der Waals surface area contributed by atoms with Crippen molar-refractivity contribution in [3.8, 4) is 0 Å². The van der Waals surface area contributed by atoms with Gasteiger partial charge in [-0.2, -0.15) is 0 Å². The van der Waals surface area contributed by atoms with Crippen molar-refractivity contribution in [2.45, 2.75) is 59.0 Å². The summed E-state index contributed by atoms with van der Waals surface area (Å²) in [4.78, 5) is 6.88. The van der Waals surface area contributed by atoms with E-state index >= 15 is 0 Å². The summed E-state index contributed by atoms with van der Waals surface area (Å²) in [6.45, 7) is 11.6. The second-order valence-corrected chi connectivity index (χ2v) is 6.60. The minimum Gasteiger partial charge on any atom is -0.361 e. The molecule has 1 aromatic heterocycles. The summed E-state index contributed by atoms with van der Waals surface area (Å²) in [5, 5.41) is 10.9. The number of guanidine groups is 1. The molecule has 1 fully saturated rings. The molecule has 6 heteroatoms. The molecule has 23 heavy (non-hydrogen) atoms. The van der Waals surface area contributed by atoms with E-state index in [1.165, 1.54) is 18.4 Å². The summed E-state index contributed by atoms with van der Waals surface area (Å²) < 4.78 is 5.20. The standard InChI is InChI=1S/C17H31N5O/c1-12(2)22-10-7-15(8-11-22)20-17(18-5)19-9-6-16-13(3)21-23-14(16)4/h12,15H,6-11H2,1-5H3,(H2,18,19,20). The molecule has 0 aliphatic carbocycles. The van der Waals surface area contributed by atoms with Crippen LogP contribution in [0, 0.1) is 13.8 Å². The number of piperidine rings is 1. The van der Waals surface area contributed by atoms with Gasteiger partial charge in [0.15, 0.2) is 5.96 Å². The Morgan fingerprint density at radius 2 is 2.04 bits per heavy atom. The third-order valence-electron chi connectivity index (χ3n) is 4.67. The van der Waals surface area contributed by atoms with Crippen molar-refractivity contribution in [2.75, 3.05) is 26.7 Å². The molecule has 0 amide bonds. The van der Waals surface area contributed by atoms with Crippen molar-refractivity contribution in [3.63, 3.8) is 0 Å². The van der Waals surface area contributed by atoms with Gasteiger partial charge in [-0.05, 0) is 47.0 Å². The number of aryl methyl sites for hydroxylation is 2. The highest BCUT2D eigenvalue weighted by Gasteiger charge is 2.21. The largest absolute Gasteiger partial charge is 0.361 e. The Morgan fingerprint density at radius 1 is 1.35 bits per heavy atom. The SMILES string of the molecule is CN=C(NCCc1c(C)noc1C)NC1CCN(C(C)C)CC1. The average molecular weight is 321 g/mol. The summed E-state index contributed by atoms with van der Waals surface area (Å²) in [6.07, 6.45) is 3.24. The first-order valence-corrected chi connectivity index (χ1v) is 8.64. The van der Waals surface area contributed by atoms with Crippen molar-refractivity contribution >= 4 is 5.96 Å². The summed E-state index contributed by atoms with van der Waals surface area (Å²) in [5.74, 6) is 1.80. The van der Waals surface area contributed by atoms with Gasteiger partial charge < -0.3 is 20.1 Å². The van der Waals surface area contributed by atoms with Gasteiger partial charge in [-0.3, -0.25) is 4.99 Å². The Morgan fingerprint density at radius 3 is 2.57 bits per heavy atom. The van der Waals surface area contributed by atoms with Crippen LogP contribution in [-0.4, -0.2) is 54.8 Å². The fraction of sp³-hybridized carbons (Fsp3) is 0.765. The number of hydrogen-bond acceptors (Lipinski definition) is 4. The fourth-order valence-corrected chi connectivity index (χ4v) is 3.11. The summed E-state index contributed by atoms with van der Waals surface area (Å²) in [7, 11) is 1.83. The Kier molecular flexibility index (Phi) is 6.45. The summed E-state index contributed by atoms with van der Waals surface area (Å²) in [6, 6.07) is 1.15. The van der Waals surface area contributed by atoms with Crippen LogP contribution >= 0.6 is 0 Å². The minimum atomic E-state index is 0.510. The van der Waals surface area contributed by atoms with Crippen molar-refractivity contribution in [1.82, 2.24) is 20.7 Å². The predicted molar refractivity (Wildman–Crippen MR) is 93.9 cm³/mol. The maximum absolute atomic E-state index is 5.20. The number of rotatable bonds is 5. The highest BCUT2D eigenvalue weighted by atomic mass is 16.5. The van der Waals surface area contributed by atoms with Gasteiger partial charge in [0, 0.05) is 44.3 Å². The van der Waals surface area contributed by atoms with Gasteiger partial charge in [0.05, 0.1) is 5.69 Å². The molecule has 2 rings (SSSR count). The second-order valence-electron chi connectivity index (χ2n) is 6.60. The lowest BCUT2D eigenvalue weighted by atomic mass is 10.0. The number of nitrogens with zero attached hydrogens (tertiary/aromatic N) is 3. The zero-order valence-electron chi connectivity index (χ0n) is 15.1. The molecule has 2 heterocycles. The lowest BCUT2D eigenvalue weighted by molar-refractivity contribution is 0.167. The molecule has 2 N–H and O–H groups in total. The maximum Gasteiger partial charge on any atom is 0.191 e. The topological polar surface area (TPSA) is 65.7 Å². The van der Waals surface area contributed by atoms with Crippen LogP contribution in [0.1, 0.15) is 43.7 Å². The lowest BCUT2D eigenvalue weighted by Crippen LogP contribution is -2.50. The molecule has 1 saturated heterocycles. The molecule has 130 valence electrons. The lowest BCUT2D eigenvalue weighted by Gasteiger charge is -2.35. The number of aliphatic imine (C=N–C) groups is 1. The monoisotopic (exact) mass is 321 g/mol. The second kappa shape index (κ2) is 8.34. The van der Waals surface area contributed by atoms with Gasteiger partial charge >= 0.3 is 0 Å². The predicted octanol–water partition coefficient (Wildman–Crippen LogP) is 1.87. The summed E-state index contributed by atoms with van der Waals surface area (Å²) >= 11 is 0. The first-order valence-electron chi connectivity index (χ1n) is 8.64. The molecule has 0 saturated carbocycles. The van der Waals surface area contributed by atoms with Crippen molar-refractivity contribution in [2.24, 2.45) is 4.99 Å². The zero-order valence-corrected chi connectivity index (χ0v) is 15.1. The van der Waals surface area contributed by atoms with E-state index in [-0.39, 0.29) is 0 Å². The van der Waals surface area contributed by atoms with Gasteiger partial charge in [-0.15, -0.1) is 0 Å². The molecule has 0 aromatic carbocycles. The molecule has 0 bridgehead atoms. The smallest absolute Gasteiger partial charge is 0.191 e. The number of aromatic nitrogens is 1. The molecule has 0 radical (unpaired) electrons. The third kappa shape index (κ3) is 4.96. The van der Waals surface area contributed by atoms with Crippen LogP contribution in [0.15, 0.2) is 9.52 Å². The van der Waals surface area contributed by atoms with Gasteiger partial charge in [-0.1, -0.05) is 5.16 Å². The van der Waals surface area contributed by atoms with Crippen LogP contribution in [0.5, 0.6) is 0 Å². The highest BCUT2D eigenvalue weighted by molar-refractivity contribution is 5.79. The normalized spacial score (nSPS) is 17.7. The Labute approximate surface area is 139 Å². The van der Waals surface area contributed by atoms with Crippen LogP contribution in [0.4, 0.5) is 0 Å². The Bertz CT molecular complexity index is 496. The van der Waals surface area contributed by atoms with Crippen LogP contribution in [0.3, 0.4) is 0 Å². The maximum atomic E-state index is 5.20. The molecule has 1 aliphatic rings. The van der Waals surface area contributed by atoms with Crippen LogP contribution in [0.25, 0.3) is 0 Å². The van der Waals surface area contributed by atoms with Gasteiger partial charge in [0.2, 0.25) is 0 Å².